The van der Waals surface area contributed by atoms with E-state index in [1.54, 1.807) is 31.2 Å². The number of carbonyl (C=O) groups excluding carboxylic acids is 3. The number of fused-ring (bicyclic) bond motifs is 1. The number of imide groups is 1. The minimum absolute atomic E-state index is 0.260. The minimum Gasteiger partial charge on any atom is -0.332 e. The molecule has 3 N–H and O–H groups in total. The quantitative estimate of drug-likeness (QED) is 0.411. The molecule has 0 radical (unpaired) electrons. The van der Waals surface area contributed by atoms with E-state index in [2.05, 4.69) is 16.0 Å². The molecule has 1 atom stereocenters. The first kappa shape index (κ1) is 20.5. The van der Waals surface area contributed by atoms with Gasteiger partial charge in [-0.05, 0) is 42.3 Å². The van der Waals surface area contributed by atoms with Crippen molar-refractivity contribution in [2.75, 3.05) is 5.32 Å². The smallest absolute Gasteiger partial charge is 0.322 e. The summed E-state index contributed by atoms with van der Waals surface area (Å²) in [5, 5.41) is 8.83. The van der Waals surface area contributed by atoms with Crippen LogP contribution in [0.3, 0.4) is 0 Å². The summed E-state index contributed by atoms with van der Waals surface area (Å²) in [5.74, 6) is -0.691. The lowest BCUT2D eigenvalue weighted by Gasteiger charge is -2.21. The maximum absolute atomic E-state index is 13.3. The number of urea groups is 1. The van der Waals surface area contributed by atoms with E-state index in [1.165, 1.54) is 0 Å². The van der Waals surface area contributed by atoms with E-state index >= 15 is 0 Å². The summed E-state index contributed by atoms with van der Waals surface area (Å²) in [6.07, 6.45) is 0. The SMILES string of the molecule is CC1(c2cccc(NC(=O)c3cc4ccccc4n3Cc3ccccc3)c2)NC(=O)NC1=O. The van der Waals surface area contributed by atoms with Crippen LogP contribution < -0.4 is 16.0 Å². The Hall–Kier alpha value is -4.39. The Morgan fingerprint density at radius 3 is 2.45 bits per heavy atom. The van der Waals surface area contributed by atoms with Crippen molar-refractivity contribution in [1.29, 1.82) is 0 Å². The van der Waals surface area contributed by atoms with Crippen molar-refractivity contribution in [2.24, 2.45) is 0 Å². The molecule has 1 saturated heterocycles. The number of rotatable bonds is 5. The van der Waals surface area contributed by atoms with Crippen LogP contribution >= 0.6 is 0 Å². The molecule has 4 amide bonds. The molecular weight excluding hydrogens is 416 g/mol. The summed E-state index contributed by atoms with van der Waals surface area (Å²) in [5.41, 5.74) is 2.50. The number of hydrogen-bond acceptors (Lipinski definition) is 3. The Morgan fingerprint density at radius 1 is 0.939 bits per heavy atom. The third kappa shape index (κ3) is 3.74. The molecular formula is C26H22N4O3. The van der Waals surface area contributed by atoms with Crippen molar-refractivity contribution in [3.05, 3.63) is 102 Å². The second kappa shape index (κ2) is 7.94. The number of anilines is 1. The predicted octanol–water partition coefficient (Wildman–Crippen LogP) is 4.00. The Morgan fingerprint density at radius 2 is 1.70 bits per heavy atom. The topological polar surface area (TPSA) is 92.2 Å². The Balaban J connectivity index is 1.47. The zero-order valence-electron chi connectivity index (χ0n) is 18.0. The third-order valence-corrected chi connectivity index (χ3v) is 5.97. The molecule has 1 aliphatic rings. The zero-order valence-corrected chi connectivity index (χ0v) is 18.0. The molecule has 1 fully saturated rings. The van der Waals surface area contributed by atoms with E-state index in [-0.39, 0.29) is 5.91 Å². The van der Waals surface area contributed by atoms with E-state index in [0.29, 0.717) is 23.5 Å². The first-order valence-electron chi connectivity index (χ1n) is 10.6. The van der Waals surface area contributed by atoms with Crippen LogP contribution in [0.25, 0.3) is 10.9 Å². The summed E-state index contributed by atoms with van der Waals surface area (Å²) < 4.78 is 2.00. The van der Waals surface area contributed by atoms with E-state index in [1.807, 2.05) is 65.2 Å². The van der Waals surface area contributed by atoms with Gasteiger partial charge in [-0.3, -0.25) is 14.9 Å². The maximum Gasteiger partial charge on any atom is 0.322 e. The van der Waals surface area contributed by atoms with E-state index in [0.717, 1.165) is 16.5 Å². The van der Waals surface area contributed by atoms with Gasteiger partial charge < -0.3 is 15.2 Å². The van der Waals surface area contributed by atoms with Crippen molar-refractivity contribution >= 4 is 34.4 Å². The van der Waals surface area contributed by atoms with Crippen LogP contribution in [0.5, 0.6) is 0 Å². The second-order valence-corrected chi connectivity index (χ2v) is 8.23. The molecule has 1 unspecified atom stereocenters. The van der Waals surface area contributed by atoms with E-state index in [4.69, 9.17) is 0 Å². The molecule has 33 heavy (non-hydrogen) atoms. The molecule has 164 valence electrons. The molecule has 1 aliphatic heterocycles. The van der Waals surface area contributed by atoms with Gasteiger partial charge in [0.1, 0.15) is 11.2 Å². The van der Waals surface area contributed by atoms with Crippen LogP contribution in [0.2, 0.25) is 0 Å². The average Bonchev–Trinajstić information content (AvgIpc) is 3.31. The van der Waals surface area contributed by atoms with Crippen molar-refractivity contribution in [2.45, 2.75) is 19.0 Å². The average molecular weight is 438 g/mol. The van der Waals surface area contributed by atoms with Crippen molar-refractivity contribution in [3.8, 4) is 0 Å². The third-order valence-electron chi connectivity index (χ3n) is 5.97. The van der Waals surface area contributed by atoms with E-state index < -0.39 is 17.5 Å². The van der Waals surface area contributed by atoms with Crippen LogP contribution in [0.4, 0.5) is 10.5 Å². The highest BCUT2D eigenvalue weighted by Crippen LogP contribution is 2.27. The number of nitrogens with zero attached hydrogens (tertiary/aromatic N) is 1. The normalized spacial score (nSPS) is 17.6. The Bertz CT molecular complexity index is 1390. The number of para-hydroxylation sites is 1. The number of hydrogen-bond donors (Lipinski definition) is 3. The molecule has 0 spiro atoms. The van der Waals surface area contributed by atoms with Gasteiger partial charge in [0.15, 0.2) is 0 Å². The number of aromatic nitrogens is 1. The van der Waals surface area contributed by atoms with Crippen molar-refractivity contribution in [1.82, 2.24) is 15.2 Å². The van der Waals surface area contributed by atoms with Crippen LogP contribution in [-0.2, 0) is 16.9 Å². The van der Waals surface area contributed by atoms with Crippen LogP contribution in [0.1, 0.15) is 28.5 Å². The standard InChI is InChI=1S/C26H22N4O3/c1-26(24(32)28-25(33)29-26)19-11-7-12-20(15-19)27-23(31)22-14-18-10-5-6-13-21(18)30(22)16-17-8-3-2-4-9-17/h2-15H,16H2,1H3,(H,27,31)(H2,28,29,32,33). The van der Waals surface area contributed by atoms with Crippen molar-refractivity contribution < 1.29 is 14.4 Å². The highest BCUT2D eigenvalue weighted by Gasteiger charge is 2.43. The van der Waals surface area contributed by atoms with Gasteiger partial charge in [0.2, 0.25) is 0 Å². The lowest BCUT2D eigenvalue weighted by atomic mass is 9.92. The summed E-state index contributed by atoms with van der Waals surface area (Å²) in [4.78, 5) is 37.3. The fraction of sp³-hybridized carbons (Fsp3) is 0.115. The van der Waals surface area contributed by atoms with Gasteiger partial charge in [0.05, 0.1) is 0 Å². The van der Waals surface area contributed by atoms with E-state index in [9.17, 15) is 14.4 Å². The molecule has 5 rings (SSSR count). The molecule has 7 heteroatoms. The molecule has 0 bridgehead atoms. The lowest BCUT2D eigenvalue weighted by molar-refractivity contribution is -0.123. The summed E-state index contributed by atoms with van der Waals surface area (Å²) in [7, 11) is 0. The highest BCUT2D eigenvalue weighted by molar-refractivity contribution is 6.08. The Kier molecular flexibility index (Phi) is 4.94. The van der Waals surface area contributed by atoms with Gasteiger partial charge in [-0.2, -0.15) is 0 Å². The largest absolute Gasteiger partial charge is 0.332 e. The van der Waals surface area contributed by atoms with Gasteiger partial charge in [-0.25, -0.2) is 4.79 Å². The van der Waals surface area contributed by atoms with Gasteiger partial charge in [0, 0.05) is 23.1 Å². The molecule has 3 aromatic carbocycles. The molecule has 2 heterocycles. The Labute approximate surface area is 190 Å². The summed E-state index contributed by atoms with van der Waals surface area (Å²) in [6, 6.07) is 26.1. The second-order valence-electron chi connectivity index (χ2n) is 8.23. The number of carbonyl (C=O) groups is 3. The first-order chi connectivity index (χ1) is 15.9. The maximum atomic E-state index is 13.3. The highest BCUT2D eigenvalue weighted by atomic mass is 16.2. The van der Waals surface area contributed by atoms with Crippen LogP contribution in [0, 0.1) is 0 Å². The molecule has 1 aromatic heterocycles. The summed E-state index contributed by atoms with van der Waals surface area (Å²) in [6.45, 7) is 2.19. The first-order valence-corrected chi connectivity index (χ1v) is 10.6. The zero-order chi connectivity index (χ0) is 23.0. The number of nitrogens with one attached hydrogen (secondary N) is 3. The van der Waals surface area contributed by atoms with Gasteiger partial charge in [-0.1, -0.05) is 60.7 Å². The monoisotopic (exact) mass is 438 g/mol. The number of benzene rings is 3. The van der Waals surface area contributed by atoms with Crippen LogP contribution in [0.15, 0.2) is 84.9 Å². The molecule has 7 nitrogen and oxygen atoms in total. The molecule has 4 aromatic rings. The lowest BCUT2D eigenvalue weighted by Crippen LogP contribution is -2.40. The molecule has 0 aliphatic carbocycles. The fourth-order valence-corrected chi connectivity index (χ4v) is 4.18. The van der Waals surface area contributed by atoms with Crippen LogP contribution in [-0.4, -0.2) is 22.4 Å². The summed E-state index contributed by atoms with van der Waals surface area (Å²) >= 11 is 0. The fourth-order valence-electron chi connectivity index (χ4n) is 4.18. The van der Waals surface area contributed by atoms with Crippen molar-refractivity contribution in [3.63, 3.8) is 0 Å². The molecule has 0 saturated carbocycles. The minimum atomic E-state index is -1.19. The number of amides is 4. The van der Waals surface area contributed by atoms with Gasteiger partial charge >= 0.3 is 6.03 Å². The predicted molar refractivity (Wildman–Crippen MR) is 126 cm³/mol. The van der Waals surface area contributed by atoms with Gasteiger partial charge in [-0.15, -0.1) is 0 Å². The van der Waals surface area contributed by atoms with Gasteiger partial charge in [0.25, 0.3) is 11.8 Å².